The molecule has 1 aliphatic heterocycles. The number of nitrogens with one attached hydrogen (secondary N) is 1. The molecule has 6 nitrogen and oxygen atoms in total. The van der Waals surface area contributed by atoms with Crippen LogP contribution in [-0.2, 0) is 11.3 Å². The smallest absolute Gasteiger partial charge is 0.251 e. The summed E-state index contributed by atoms with van der Waals surface area (Å²) in [4.78, 5) is 26.8. The number of methoxy groups -OCH3 is 1. The van der Waals surface area contributed by atoms with Crippen LogP contribution in [0.4, 0.5) is 0 Å². The average Bonchev–Trinajstić information content (AvgIpc) is 3.22. The first-order valence-electron chi connectivity index (χ1n) is 10.7. The topological polar surface area (TPSA) is 67.9 Å². The van der Waals surface area contributed by atoms with E-state index in [1.807, 2.05) is 71.6 Å². The molecule has 0 aliphatic carbocycles. The van der Waals surface area contributed by atoms with E-state index in [0.29, 0.717) is 31.0 Å². The van der Waals surface area contributed by atoms with Crippen LogP contribution >= 0.6 is 11.8 Å². The summed E-state index contributed by atoms with van der Waals surface area (Å²) in [6.45, 7) is 1.34. The molecule has 170 valence electrons. The zero-order valence-corrected chi connectivity index (χ0v) is 19.2. The lowest BCUT2D eigenvalue weighted by Gasteiger charge is -2.24. The molecule has 1 fully saturated rings. The van der Waals surface area contributed by atoms with Crippen LogP contribution in [0.3, 0.4) is 0 Å². The molecule has 0 radical (unpaired) electrons. The maximum atomic E-state index is 12.5. The van der Waals surface area contributed by atoms with E-state index < -0.39 is 0 Å². The minimum atomic E-state index is -0.156. The molecular formula is C26H26N2O4S. The number of nitrogens with zero attached hydrogens (tertiary/aromatic N) is 1. The third-order valence-corrected chi connectivity index (χ3v) is 6.59. The Hall–Kier alpha value is -3.45. The molecule has 3 aromatic carbocycles. The van der Waals surface area contributed by atoms with Gasteiger partial charge in [0.25, 0.3) is 5.91 Å². The first-order chi connectivity index (χ1) is 16.1. The summed E-state index contributed by atoms with van der Waals surface area (Å²) < 4.78 is 10.8. The number of rotatable bonds is 9. The fourth-order valence-electron chi connectivity index (χ4n) is 3.59. The highest BCUT2D eigenvalue weighted by atomic mass is 32.2. The second-order valence-electron chi connectivity index (χ2n) is 7.57. The van der Waals surface area contributed by atoms with Gasteiger partial charge >= 0.3 is 0 Å². The zero-order valence-electron chi connectivity index (χ0n) is 18.4. The molecule has 0 bridgehead atoms. The first kappa shape index (κ1) is 22.7. The van der Waals surface area contributed by atoms with E-state index in [2.05, 4.69) is 5.32 Å². The van der Waals surface area contributed by atoms with E-state index in [9.17, 15) is 9.59 Å². The summed E-state index contributed by atoms with van der Waals surface area (Å²) in [7, 11) is 1.62. The quantitative estimate of drug-likeness (QED) is 0.481. The van der Waals surface area contributed by atoms with Crippen molar-refractivity contribution in [2.24, 2.45) is 0 Å². The van der Waals surface area contributed by atoms with Gasteiger partial charge in [0.1, 0.15) is 23.5 Å². The molecule has 7 heteroatoms. The third kappa shape index (κ3) is 5.87. The normalized spacial score (nSPS) is 15.4. The van der Waals surface area contributed by atoms with Gasteiger partial charge in [-0.15, -0.1) is 11.8 Å². The number of carbonyl (C=O) groups is 2. The highest BCUT2D eigenvalue weighted by Crippen LogP contribution is 2.39. The molecule has 1 N–H and O–H groups in total. The van der Waals surface area contributed by atoms with Gasteiger partial charge in [0.2, 0.25) is 5.91 Å². The first-order valence-corrected chi connectivity index (χ1v) is 11.8. The molecule has 1 aliphatic rings. The largest absolute Gasteiger partial charge is 0.497 e. The third-order valence-electron chi connectivity index (χ3n) is 5.34. The average molecular weight is 463 g/mol. The Morgan fingerprint density at radius 3 is 2.39 bits per heavy atom. The summed E-state index contributed by atoms with van der Waals surface area (Å²) in [6.07, 6.45) is 0. The van der Waals surface area contributed by atoms with Crippen molar-refractivity contribution in [3.05, 3.63) is 95.6 Å². The van der Waals surface area contributed by atoms with E-state index in [1.165, 1.54) is 0 Å². The summed E-state index contributed by atoms with van der Waals surface area (Å²) in [5.74, 6) is 1.93. The van der Waals surface area contributed by atoms with Crippen LogP contribution in [0, 0.1) is 0 Å². The van der Waals surface area contributed by atoms with Gasteiger partial charge in [-0.2, -0.15) is 0 Å². The molecule has 3 aromatic rings. The minimum absolute atomic E-state index is 0.0484. The Morgan fingerprint density at radius 2 is 1.70 bits per heavy atom. The van der Waals surface area contributed by atoms with Gasteiger partial charge in [0.15, 0.2) is 0 Å². The molecule has 1 heterocycles. The lowest BCUT2D eigenvalue weighted by Crippen LogP contribution is -2.28. The number of ether oxygens (including phenoxy) is 2. The van der Waals surface area contributed by atoms with Gasteiger partial charge in [0, 0.05) is 12.1 Å². The van der Waals surface area contributed by atoms with E-state index in [4.69, 9.17) is 9.47 Å². The van der Waals surface area contributed by atoms with Crippen molar-refractivity contribution in [1.82, 2.24) is 10.2 Å². The second-order valence-corrected chi connectivity index (χ2v) is 8.64. The predicted octanol–water partition coefficient (Wildman–Crippen LogP) is 4.28. The molecule has 2 amide bonds. The Labute approximate surface area is 197 Å². The van der Waals surface area contributed by atoms with Crippen LogP contribution in [-0.4, -0.2) is 42.7 Å². The maximum Gasteiger partial charge on any atom is 0.251 e. The Morgan fingerprint density at radius 1 is 1.00 bits per heavy atom. The van der Waals surface area contributed by atoms with E-state index in [1.54, 1.807) is 31.0 Å². The van der Waals surface area contributed by atoms with Crippen LogP contribution in [0.5, 0.6) is 11.5 Å². The van der Waals surface area contributed by atoms with E-state index >= 15 is 0 Å². The summed E-state index contributed by atoms with van der Waals surface area (Å²) in [6, 6.07) is 24.7. The molecule has 0 unspecified atom stereocenters. The van der Waals surface area contributed by atoms with Gasteiger partial charge < -0.3 is 19.7 Å². The lowest BCUT2D eigenvalue weighted by molar-refractivity contribution is -0.128. The molecule has 1 atom stereocenters. The standard InChI is InChI=1S/C26H26N2O4S/c1-31-22-11-13-23(14-12-22)32-16-15-27-25(30)20-7-9-21(10-8-20)26-28(24(29)18-33-26)17-19-5-3-2-4-6-19/h2-14,26H,15-18H2,1H3,(H,27,30)/t26-/m1/s1. The maximum absolute atomic E-state index is 12.5. The SMILES string of the molecule is COc1ccc(OCCNC(=O)c2ccc([C@H]3SCC(=O)N3Cc3ccccc3)cc2)cc1. The van der Waals surface area contributed by atoms with Crippen molar-refractivity contribution in [1.29, 1.82) is 0 Å². The van der Waals surface area contributed by atoms with Gasteiger partial charge in [0.05, 0.1) is 19.4 Å². The van der Waals surface area contributed by atoms with Crippen molar-refractivity contribution < 1.29 is 19.1 Å². The molecular weight excluding hydrogens is 436 g/mol. The van der Waals surface area contributed by atoms with Crippen LogP contribution in [0.25, 0.3) is 0 Å². The number of amides is 2. The highest BCUT2D eigenvalue weighted by molar-refractivity contribution is 8.00. The van der Waals surface area contributed by atoms with Crippen LogP contribution < -0.4 is 14.8 Å². The van der Waals surface area contributed by atoms with Crippen molar-refractivity contribution in [2.45, 2.75) is 11.9 Å². The summed E-state index contributed by atoms with van der Waals surface area (Å²) >= 11 is 1.61. The van der Waals surface area contributed by atoms with Crippen molar-refractivity contribution >= 4 is 23.6 Å². The lowest BCUT2D eigenvalue weighted by atomic mass is 10.1. The minimum Gasteiger partial charge on any atom is -0.497 e. The number of hydrogen-bond donors (Lipinski definition) is 1. The number of benzene rings is 3. The molecule has 0 aromatic heterocycles. The van der Waals surface area contributed by atoms with Gasteiger partial charge in [-0.05, 0) is 47.5 Å². The van der Waals surface area contributed by atoms with Crippen LogP contribution in [0.2, 0.25) is 0 Å². The van der Waals surface area contributed by atoms with Gasteiger partial charge in [-0.1, -0.05) is 42.5 Å². The number of hydrogen-bond acceptors (Lipinski definition) is 5. The van der Waals surface area contributed by atoms with E-state index in [0.717, 1.165) is 22.6 Å². The Kier molecular flexibility index (Phi) is 7.52. The molecule has 0 spiro atoms. The Balaban J connectivity index is 1.29. The molecule has 33 heavy (non-hydrogen) atoms. The molecule has 1 saturated heterocycles. The number of thioether (sulfide) groups is 1. The molecule has 0 saturated carbocycles. The fraction of sp³-hybridized carbons (Fsp3) is 0.231. The van der Waals surface area contributed by atoms with Crippen molar-refractivity contribution in [2.75, 3.05) is 26.0 Å². The van der Waals surface area contributed by atoms with Crippen LogP contribution in [0.15, 0.2) is 78.9 Å². The van der Waals surface area contributed by atoms with Gasteiger partial charge in [-0.3, -0.25) is 9.59 Å². The van der Waals surface area contributed by atoms with Crippen LogP contribution in [0.1, 0.15) is 26.9 Å². The predicted molar refractivity (Wildman–Crippen MR) is 129 cm³/mol. The van der Waals surface area contributed by atoms with Gasteiger partial charge in [-0.25, -0.2) is 0 Å². The van der Waals surface area contributed by atoms with E-state index in [-0.39, 0.29) is 17.2 Å². The number of carbonyl (C=O) groups excluding carboxylic acids is 2. The fourth-order valence-corrected chi connectivity index (χ4v) is 4.78. The highest BCUT2D eigenvalue weighted by Gasteiger charge is 2.32. The summed E-state index contributed by atoms with van der Waals surface area (Å²) in [5.41, 5.74) is 2.69. The summed E-state index contributed by atoms with van der Waals surface area (Å²) in [5, 5.41) is 2.82. The zero-order chi connectivity index (χ0) is 23.0. The van der Waals surface area contributed by atoms with Crippen molar-refractivity contribution in [3.8, 4) is 11.5 Å². The molecule has 4 rings (SSSR count). The van der Waals surface area contributed by atoms with Crippen molar-refractivity contribution in [3.63, 3.8) is 0 Å². The second kappa shape index (κ2) is 10.9. The monoisotopic (exact) mass is 462 g/mol. The Bertz CT molecular complexity index is 1070.